The predicted molar refractivity (Wildman–Crippen MR) is 230 cm³/mol. The summed E-state index contributed by atoms with van der Waals surface area (Å²) < 4.78 is 83.6. The van der Waals surface area contributed by atoms with Gasteiger partial charge in [0, 0.05) is 55.8 Å². The van der Waals surface area contributed by atoms with Crippen LogP contribution in [0.15, 0.2) is 30.4 Å². The lowest BCUT2D eigenvalue weighted by molar-refractivity contribution is -0.144. The average Bonchev–Trinajstić information content (AvgIpc) is 4.15. The summed E-state index contributed by atoms with van der Waals surface area (Å²) in [5.41, 5.74) is -3.77. The molecule has 1 aromatic carbocycles. The highest BCUT2D eigenvalue weighted by Crippen LogP contribution is 2.50. The summed E-state index contributed by atoms with van der Waals surface area (Å²) in [4.78, 5) is 64.2. The molecule has 4 aliphatic heterocycles. The van der Waals surface area contributed by atoms with Crippen molar-refractivity contribution in [2.45, 2.75) is 126 Å². The molecule has 19 heteroatoms. The lowest BCUT2D eigenvalue weighted by atomic mass is 9.87. The number of morpholine rings is 1. The molecule has 2 saturated carbocycles. The number of aryl methyl sites for hydroxylation is 1. The van der Waals surface area contributed by atoms with Crippen LogP contribution in [-0.4, -0.2) is 124 Å². The van der Waals surface area contributed by atoms with Gasteiger partial charge >= 0.3 is 12.3 Å². The van der Waals surface area contributed by atoms with Crippen molar-refractivity contribution in [1.29, 1.82) is 0 Å². The second kappa shape index (κ2) is 18.5. The fourth-order valence-electron chi connectivity index (χ4n) is 9.21. The number of ether oxygens (including phenoxy) is 4. The van der Waals surface area contributed by atoms with E-state index < -0.39 is 86.7 Å². The quantitative estimate of drug-likeness (QED) is 0.213. The van der Waals surface area contributed by atoms with Gasteiger partial charge in [0.1, 0.15) is 40.3 Å². The molecule has 2 aromatic rings. The van der Waals surface area contributed by atoms with Gasteiger partial charge in [-0.15, -0.1) is 0 Å². The summed E-state index contributed by atoms with van der Waals surface area (Å²) in [5, 5.41) is 6.07. The number of pyridine rings is 1. The zero-order chi connectivity index (χ0) is 45.4. The van der Waals surface area contributed by atoms with Crippen LogP contribution in [0.2, 0.25) is 0 Å². The highest BCUT2D eigenvalue weighted by molar-refractivity contribution is 7.91. The third-order valence-electron chi connectivity index (χ3n) is 13.4. The molecule has 6 aliphatic rings. The second-order valence-corrected chi connectivity index (χ2v) is 20.6. The third kappa shape index (κ3) is 10.1. The van der Waals surface area contributed by atoms with Crippen molar-refractivity contribution in [2.24, 2.45) is 11.8 Å². The molecule has 2 saturated heterocycles. The number of fused-ring (bicyclic) bond motifs is 5. The molecule has 3 N–H and O–H groups in total. The second-order valence-electron chi connectivity index (χ2n) is 18.9. The van der Waals surface area contributed by atoms with E-state index in [-0.39, 0.29) is 62.3 Å². The number of alkyl halides is 3. The van der Waals surface area contributed by atoms with Crippen LogP contribution in [0, 0.1) is 11.8 Å². The van der Waals surface area contributed by atoms with Crippen LogP contribution in [0.3, 0.4) is 0 Å². The van der Waals surface area contributed by atoms with Crippen molar-refractivity contribution >= 4 is 46.1 Å². The number of hydrogen-bond acceptors (Lipinski definition) is 11. The summed E-state index contributed by atoms with van der Waals surface area (Å²) in [6.07, 6.45) is 2.61. The van der Waals surface area contributed by atoms with Crippen LogP contribution >= 0.6 is 0 Å². The maximum Gasteiger partial charge on any atom is 0.437 e. The number of amides is 4. The smallest absolute Gasteiger partial charge is 0.437 e. The number of benzene rings is 1. The van der Waals surface area contributed by atoms with Gasteiger partial charge in [-0.2, -0.15) is 17.9 Å². The van der Waals surface area contributed by atoms with E-state index >= 15 is 0 Å². The first-order valence-corrected chi connectivity index (χ1v) is 23.8. The van der Waals surface area contributed by atoms with Crippen LogP contribution in [0.5, 0.6) is 11.5 Å². The molecule has 2 aliphatic carbocycles. The van der Waals surface area contributed by atoms with Gasteiger partial charge in [-0.3, -0.25) is 19.3 Å². The molecule has 8 rings (SSSR count). The van der Waals surface area contributed by atoms with Crippen molar-refractivity contribution in [2.75, 3.05) is 52.6 Å². The standard InChI is InChI=1S/C45H59F3N6O9S/c1-28(2)26-62-41(58)50-34-10-8-6-4-5-7-9-29-24-44(29,40(57)52-64(59)42(3)15-16-42)51-38(55)35-25-43(27-54(35)39(34)56)14-13-31-32-23-30(61-22-19-53-17-20-60-21-18-53)11-12-33(32)49-37(36(31)63-43)45(46,47)48/h7,9,11-12,23,28-29,34-35H,4-6,8,10,13-22,24-27H2,1-3H3,(H,50,58)(H,51,55)(H,52,57)/b9-7-/t29-,34+,35+,43-,44-,64?/m1/s1. The number of halogens is 3. The molecule has 0 bridgehead atoms. The molecule has 350 valence electrons. The molecule has 1 spiro atoms. The maximum atomic E-state index is 15.0. The van der Waals surface area contributed by atoms with E-state index in [4.69, 9.17) is 18.9 Å². The SMILES string of the molecule is CC(C)COC(=O)N[C@H]1CCCCC/C=C\[C@@H]2C[C@@]2(C(=O)N[S+]([O-])C2(C)CC2)NC(=O)[C@@H]2C[C@]3(CCc4c(c(C(F)(F)F)nc5ccc(OCCN6CCOCC6)cc45)O3)CN2C1=O. The van der Waals surface area contributed by atoms with Crippen LogP contribution in [-0.2, 0) is 47.8 Å². The highest BCUT2D eigenvalue weighted by atomic mass is 32.2. The van der Waals surface area contributed by atoms with Crippen molar-refractivity contribution in [3.8, 4) is 11.5 Å². The van der Waals surface area contributed by atoms with Gasteiger partial charge in [0.05, 0.1) is 43.2 Å². The Bertz CT molecular complexity index is 2130. The lowest BCUT2D eigenvalue weighted by Gasteiger charge is -2.37. The van der Waals surface area contributed by atoms with Crippen LogP contribution in [0.25, 0.3) is 10.9 Å². The number of rotatable bonds is 10. The van der Waals surface area contributed by atoms with Gasteiger partial charge < -0.3 is 39.0 Å². The summed E-state index contributed by atoms with van der Waals surface area (Å²) in [7, 11) is 0. The minimum absolute atomic E-state index is 0.0216. The Labute approximate surface area is 374 Å². The molecule has 5 heterocycles. The zero-order valence-electron chi connectivity index (χ0n) is 36.7. The lowest BCUT2D eigenvalue weighted by Crippen LogP contribution is -2.58. The molecule has 15 nitrogen and oxygen atoms in total. The topological polar surface area (TPSA) is 184 Å². The fraction of sp³-hybridized carbons (Fsp3) is 0.667. The Kier molecular flexibility index (Phi) is 13.4. The third-order valence-corrected chi connectivity index (χ3v) is 15.1. The van der Waals surface area contributed by atoms with Gasteiger partial charge in [-0.1, -0.05) is 38.8 Å². The van der Waals surface area contributed by atoms with Gasteiger partial charge in [-0.05, 0) is 69.6 Å². The number of hydrogen-bond donors (Lipinski definition) is 3. The Balaban J connectivity index is 1.11. The minimum atomic E-state index is -4.92. The van der Waals surface area contributed by atoms with E-state index in [0.717, 1.165) is 19.5 Å². The predicted octanol–water partition coefficient (Wildman–Crippen LogP) is 5.11. The van der Waals surface area contributed by atoms with E-state index in [1.807, 2.05) is 32.9 Å². The molecule has 1 aromatic heterocycles. The Morgan fingerprint density at radius 2 is 1.89 bits per heavy atom. The molecule has 1 unspecified atom stereocenters. The summed E-state index contributed by atoms with van der Waals surface area (Å²) in [6.45, 7) is 9.22. The van der Waals surface area contributed by atoms with E-state index in [9.17, 15) is 36.9 Å². The van der Waals surface area contributed by atoms with Gasteiger partial charge in [-0.25, -0.2) is 9.78 Å². The maximum absolute atomic E-state index is 15.0. The minimum Gasteiger partial charge on any atom is -0.593 e. The van der Waals surface area contributed by atoms with Crippen LogP contribution in [0.4, 0.5) is 18.0 Å². The summed E-state index contributed by atoms with van der Waals surface area (Å²) >= 11 is -1.70. The number of alkyl carbamates (subject to hydrolysis) is 1. The number of aromatic nitrogens is 1. The average molecular weight is 917 g/mol. The first kappa shape index (κ1) is 46.2. The molecule has 6 atom stereocenters. The summed E-state index contributed by atoms with van der Waals surface area (Å²) in [5.74, 6) is -2.35. The van der Waals surface area contributed by atoms with Gasteiger partial charge in [0.2, 0.25) is 11.8 Å². The molecule has 4 fully saturated rings. The van der Waals surface area contributed by atoms with E-state index in [0.29, 0.717) is 69.6 Å². The Hall–Kier alpha value is -4.33. The van der Waals surface area contributed by atoms with Gasteiger partial charge in [0.25, 0.3) is 5.91 Å². The Morgan fingerprint density at radius 1 is 1.11 bits per heavy atom. The number of allylic oxidation sites excluding steroid dienone is 1. The van der Waals surface area contributed by atoms with Crippen molar-refractivity contribution in [3.63, 3.8) is 0 Å². The van der Waals surface area contributed by atoms with Crippen molar-refractivity contribution < 1.29 is 55.8 Å². The number of carbonyl (C=O) groups is 4. The molecular weight excluding hydrogens is 858 g/mol. The van der Waals surface area contributed by atoms with Crippen molar-refractivity contribution in [3.05, 3.63) is 41.6 Å². The monoisotopic (exact) mass is 916 g/mol. The highest BCUT2D eigenvalue weighted by Gasteiger charge is 2.64. The fourth-order valence-corrected chi connectivity index (χ4v) is 10.3. The normalized spacial score (nSPS) is 29.2. The van der Waals surface area contributed by atoms with Crippen LogP contribution in [0.1, 0.15) is 96.2 Å². The molecule has 4 amide bonds. The van der Waals surface area contributed by atoms with Crippen molar-refractivity contribution in [1.82, 2.24) is 30.1 Å². The first-order valence-electron chi connectivity index (χ1n) is 22.6. The van der Waals surface area contributed by atoms with Gasteiger partial charge in [0.15, 0.2) is 11.4 Å². The largest absolute Gasteiger partial charge is 0.593 e. The number of carbonyl (C=O) groups excluding carboxylic acids is 4. The zero-order valence-corrected chi connectivity index (χ0v) is 37.5. The number of nitrogens with one attached hydrogen (secondary N) is 3. The number of nitrogens with zero attached hydrogens (tertiary/aromatic N) is 3. The van der Waals surface area contributed by atoms with E-state index in [2.05, 4.69) is 25.2 Å². The summed E-state index contributed by atoms with van der Waals surface area (Å²) in [6, 6.07) is 2.33. The van der Waals surface area contributed by atoms with E-state index in [1.165, 1.54) is 11.0 Å². The molecule has 0 radical (unpaired) electrons. The first-order chi connectivity index (χ1) is 30.5. The van der Waals surface area contributed by atoms with Crippen LogP contribution < -0.4 is 24.8 Å². The Morgan fingerprint density at radius 3 is 2.62 bits per heavy atom. The van der Waals surface area contributed by atoms with E-state index in [1.54, 1.807) is 12.1 Å². The molecule has 64 heavy (non-hydrogen) atoms. The molecular formula is C45H59F3N6O9S.